The molecule has 0 atom stereocenters. The van der Waals surface area contributed by atoms with Crippen molar-refractivity contribution in [2.45, 2.75) is 19.3 Å². The summed E-state index contributed by atoms with van der Waals surface area (Å²) in [5.41, 5.74) is 0. The highest BCUT2D eigenvalue weighted by Crippen LogP contribution is 2.15. The van der Waals surface area contributed by atoms with E-state index < -0.39 is 7.25 Å². The predicted octanol–water partition coefficient (Wildman–Crippen LogP) is 2.56. The number of nitrogens with zero attached hydrogens (tertiary/aromatic N) is 1. The summed E-state index contributed by atoms with van der Waals surface area (Å²) in [6.45, 7) is 4.81. The maximum absolute atomic E-state index is 9.75. The Labute approximate surface area is 94.3 Å². The molecule has 1 heterocycles. The van der Waals surface area contributed by atoms with Gasteiger partial charge in [0.25, 0.3) is 0 Å². The minimum atomic E-state index is -6.00. The number of likely N-dealkylation sites (tertiary alicyclic amines) is 1. The Kier molecular flexibility index (Phi) is 6.98. The predicted molar refractivity (Wildman–Crippen MR) is 56.7 cm³/mol. The zero-order valence-corrected chi connectivity index (χ0v) is 9.89. The normalized spacial score (nSPS) is 19.9. The lowest BCUT2D eigenvalue weighted by molar-refractivity contribution is -0.914. The third kappa shape index (κ3) is 10.2. The van der Waals surface area contributed by atoms with Gasteiger partial charge in [-0.2, -0.15) is 0 Å². The van der Waals surface area contributed by atoms with Crippen LogP contribution in [0.1, 0.15) is 19.3 Å². The molecule has 2 nitrogen and oxygen atoms in total. The number of hydrogen-bond donors (Lipinski definition) is 0. The SMILES string of the molecule is COCC[N+]1(C)CCCCC1.F[B-](F)(F)F. The molecule has 1 aliphatic heterocycles. The average Bonchev–Trinajstić information content (AvgIpc) is 2.13. The number of rotatable bonds is 3. The Morgan fingerprint density at radius 3 is 1.88 bits per heavy atom. The first-order valence-electron chi connectivity index (χ1n) is 5.47. The fourth-order valence-electron chi connectivity index (χ4n) is 1.81. The lowest BCUT2D eigenvalue weighted by Crippen LogP contribution is -2.49. The molecular formula is C9H20BF4NO. The number of ether oxygens (including phenoxy) is 1. The molecule has 0 amide bonds. The van der Waals surface area contributed by atoms with Crippen molar-refractivity contribution in [3.8, 4) is 0 Å². The fraction of sp³-hybridized carbons (Fsp3) is 1.00. The molecular weight excluding hydrogens is 225 g/mol. The molecule has 0 aliphatic carbocycles. The zero-order valence-electron chi connectivity index (χ0n) is 9.89. The van der Waals surface area contributed by atoms with E-state index in [9.17, 15) is 17.3 Å². The number of quaternary nitrogens is 1. The van der Waals surface area contributed by atoms with Gasteiger partial charge in [-0.25, -0.2) is 0 Å². The van der Waals surface area contributed by atoms with Gasteiger partial charge in [0, 0.05) is 7.11 Å². The summed E-state index contributed by atoms with van der Waals surface area (Å²) >= 11 is 0. The van der Waals surface area contributed by atoms with Gasteiger partial charge in [0.05, 0.1) is 26.7 Å². The van der Waals surface area contributed by atoms with Crippen molar-refractivity contribution < 1.29 is 26.5 Å². The number of halogens is 4. The Morgan fingerprint density at radius 1 is 1.06 bits per heavy atom. The highest BCUT2D eigenvalue weighted by atomic mass is 19.5. The van der Waals surface area contributed by atoms with Crippen LogP contribution < -0.4 is 0 Å². The number of likely N-dealkylation sites (N-methyl/N-ethyl adjacent to an activating group) is 1. The number of hydrogen-bond acceptors (Lipinski definition) is 1. The summed E-state index contributed by atoms with van der Waals surface area (Å²) in [7, 11) is -1.87. The van der Waals surface area contributed by atoms with E-state index in [0.717, 1.165) is 6.61 Å². The van der Waals surface area contributed by atoms with Crippen LogP contribution in [0.3, 0.4) is 0 Å². The molecule has 0 aromatic heterocycles. The molecule has 0 saturated carbocycles. The monoisotopic (exact) mass is 245 g/mol. The zero-order chi connectivity index (χ0) is 12.7. The van der Waals surface area contributed by atoms with Crippen LogP contribution in [0, 0.1) is 0 Å². The first-order valence-corrected chi connectivity index (χ1v) is 5.47. The molecule has 98 valence electrons. The second-order valence-corrected chi connectivity index (χ2v) is 4.34. The molecule has 1 saturated heterocycles. The van der Waals surface area contributed by atoms with Crippen LogP contribution in [-0.2, 0) is 4.74 Å². The van der Waals surface area contributed by atoms with Crippen molar-refractivity contribution in [1.29, 1.82) is 0 Å². The van der Waals surface area contributed by atoms with Crippen molar-refractivity contribution in [2.75, 3.05) is 40.4 Å². The largest absolute Gasteiger partial charge is 0.673 e. The fourth-order valence-corrected chi connectivity index (χ4v) is 1.81. The summed E-state index contributed by atoms with van der Waals surface area (Å²) in [6, 6.07) is 0. The Bertz CT molecular complexity index is 177. The molecule has 0 aromatic rings. The van der Waals surface area contributed by atoms with E-state index >= 15 is 0 Å². The molecule has 0 aromatic carbocycles. The molecule has 0 N–H and O–H groups in total. The van der Waals surface area contributed by atoms with Crippen molar-refractivity contribution in [3.05, 3.63) is 0 Å². The topological polar surface area (TPSA) is 9.23 Å². The molecule has 7 heteroatoms. The van der Waals surface area contributed by atoms with E-state index in [2.05, 4.69) is 7.05 Å². The molecule has 16 heavy (non-hydrogen) atoms. The highest BCUT2D eigenvalue weighted by Gasteiger charge is 2.23. The van der Waals surface area contributed by atoms with E-state index in [4.69, 9.17) is 4.74 Å². The lowest BCUT2D eigenvalue weighted by atomic mass is 10.1. The lowest BCUT2D eigenvalue weighted by Gasteiger charge is -2.37. The van der Waals surface area contributed by atoms with E-state index in [0.29, 0.717) is 0 Å². The minimum absolute atomic E-state index is 0.913. The standard InChI is InChI=1S/C9H20NO.BF4/c1-10(8-9-11-2)6-4-3-5-7-10;2-1(3,4)5/h3-9H2,1-2H3;/q+1;-1. The highest BCUT2D eigenvalue weighted by molar-refractivity contribution is 6.50. The maximum Gasteiger partial charge on any atom is 0.673 e. The smallest absolute Gasteiger partial charge is 0.418 e. The van der Waals surface area contributed by atoms with Gasteiger partial charge in [-0.15, -0.1) is 0 Å². The summed E-state index contributed by atoms with van der Waals surface area (Å²) in [6.07, 6.45) is 4.24. The Morgan fingerprint density at radius 2 is 1.50 bits per heavy atom. The van der Waals surface area contributed by atoms with Crippen molar-refractivity contribution in [1.82, 2.24) is 0 Å². The van der Waals surface area contributed by atoms with Crippen LogP contribution in [-0.4, -0.2) is 52.1 Å². The second kappa shape index (κ2) is 7.11. The van der Waals surface area contributed by atoms with Crippen LogP contribution in [0.15, 0.2) is 0 Å². The van der Waals surface area contributed by atoms with Gasteiger partial charge in [0.1, 0.15) is 6.54 Å². The first kappa shape index (κ1) is 15.7. The van der Waals surface area contributed by atoms with Gasteiger partial charge >= 0.3 is 7.25 Å². The summed E-state index contributed by atoms with van der Waals surface area (Å²) in [4.78, 5) is 0. The van der Waals surface area contributed by atoms with Crippen LogP contribution in [0.4, 0.5) is 17.3 Å². The molecule has 0 spiro atoms. The van der Waals surface area contributed by atoms with Gasteiger partial charge in [0.15, 0.2) is 0 Å². The third-order valence-electron chi connectivity index (χ3n) is 2.73. The van der Waals surface area contributed by atoms with Gasteiger partial charge in [0.2, 0.25) is 0 Å². The number of piperidine rings is 1. The third-order valence-corrected chi connectivity index (χ3v) is 2.73. The summed E-state index contributed by atoms with van der Waals surface area (Å²) in [5.74, 6) is 0. The van der Waals surface area contributed by atoms with Crippen LogP contribution in [0.25, 0.3) is 0 Å². The average molecular weight is 245 g/mol. The second-order valence-electron chi connectivity index (χ2n) is 4.34. The molecule has 0 radical (unpaired) electrons. The molecule has 0 unspecified atom stereocenters. The molecule has 0 bridgehead atoms. The van der Waals surface area contributed by atoms with Crippen molar-refractivity contribution in [2.24, 2.45) is 0 Å². The van der Waals surface area contributed by atoms with Gasteiger partial charge in [-0.05, 0) is 19.3 Å². The first-order chi connectivity index (χ1) is 7.27. The van der Waals surface area contributed by atoms with Crippen molar-refractivity contribution in [3.63, 3.8) is 0 Å². The van der Waals surface area contributed by atoms with Crippen LogP contribution in [0.2, 0.25) is 0 Å². The quantitative estimate of drug-likeness (QED) is 0.422. The summed E-state index contributed by atoms with van der Waals surface area (Å²) < 4.78 is 45.3. The Balaban J connectivity index is 0.000000385. The van der Waals surface area contributed by atoms with Gasteiger partial charge in [-0.1, -0.05) is 0 Å². The van der Waals surface area contributed by atoms with Gasteiger partial charge < -0.3 is 26.5 Å². The molecule has 1 rings (SSSR count). The minimum Gasteiger partial charge on any atom is -0.418 e. The number of methoxy groups -OCH3 is 1. The van der Waals surface area contributed by atoms with Crippen LogP contribution >= 0.6 is 0 Å². The maximum atomic E-state index is 9.75. The van der Waals surface area contributed by atoms with E-state index in [1.807, 2.05) is 0 Å². The molecule has 1 fully saturated rings. The van der Waals surface area contributed by atoms with E-state index in [1.54, 1.807) is 7.11 Å². The van der Waals surface area contributed by atoms with Gasteiger partial charge in [-0.3, -0.25) is 0 Å². The van der Waals surface area contributed by atoms with E-state index in [1.165, 1.54) is 43.4 Å². The van der Waals surface area contributed by atoms with Crippen molar-refractivity contribution >= 4 is 7.25 Å². The summed E-state index contributed by atoms with van der Waals surface area (Å²) in [5, 5.41) is 0. The molecule has 1 aliphatic rings. The van der Waals surface area contributed by atoms with Crippen LogP contribution in [0.5, 0.6) is 0 Å². The Hall–Kier alpha value is -0.295. The van der Waals surface area contributed by atoms with E-state index in [-0.39, 0.29) is 0 Å².